The van der Waals surface area contributed by atoms with Gasteiger partial charge in [-0.25, -0.2) is 9.97 Å². The van der Waals surface area contributed by atoms with Crippen LogP contribution in [0.3, 0.4) is 0 Å². The van der Waals surface area contributed by atoms with E-state index in [1.165, 1.54) is 6.33 Å². The molecule has 0 radical (unpaired) electrons. The lowest BCUT2D eigenvalue weighted by Gasteiger charge is -2.13. The zero-order valence-electron chi connectivity index (χ0n) is 9.68. The molecule has 2 aromatic rings. The fourth-order valence-electron chi connectivity index (χ4n) is 1.39. The largest absolute Gasteiger partial charge is 0.378 e. The second-order valence-electron chi connectivity index (χ2n) is 3.79. The lowest BCUT2D eigenvalue weighted by molar-refractivity contribution is 1.13. The lowest BCUT2D eigenvalue weighted by Crippen LogP contribution is -2.08. The van der Waals surface area contributed by atoms with E-state index < -0.39 is 0 Å². The summed E-state index contributed by atoms with van der Waals surface area (Å²) in [5.74, 6) is 0.683. The Labute approximate surface area is 105 Å². The van der Waals surface area contributed by atoms with E-state index in [0.29, 0.717) is 11.0 Å². The van der Waals surface area contributed by atoms with Gasteiger partial charge < -0.3 is 10.2 Å². The smallest absolute Gasteiger partial charge is 0.135 e. The minimum Gasteiger partial charge on any atom is -0.378 e. The second kappa shape index (κ2) is 5.01. The van der Waals surface area contributed by atoms with Crippen LogP contribution in [0.15, 0.2) is 36.7 Å². The molecule has 1 aromatic carbocycles. The van der Waals surface area contributed by atoms with Crippen LogP contribution in [-0.4, -0.2) is 24.1 Å². The van der Waals surface area contributed by atoms with Crippen molar-refractivity contribution in [3.63, 3.8) is 0 Å². The Bertz CT molecular complexity index is 496. The third kappa shape index (κ3) is 3.07. The summed E-state index contributed by atoms with van der Waals surface area (Å²) in [6, 6.07) is 9.73. The maximum Gasteiger partial charge on any atom is 0.135 e. The lowest BCUT2D eigenvalue weighted by atomic mass is 10.2. The summed E-state index contributed by atoms with van der Waals surface area (Å²) in [5, 5.41) is 3.58. The number of benzene rings is 1. The molecule has 1 N–H and O–H groups in total. The van der Waals surface area contributed by atoms with Crippen molar-refractivity contribution < 1.29 is 0 Å². The van der Waals surface area contributed by atoms with Crippen molar-refractivity contribution in [2.75, 3.05) is 24.3 Å². The van der Waals surface area contributed by atoms with Crippen LogP contribution in [0.2, 0.25) is 5.15 Å². The number of halogens is 1. The van der Waals surface area contributed by atoms with E-state index in [4.69, 9.17) is 11.6 Å². The predicted octanol–water partition coefficient (Wildman–Crippen LogP) is 2.94. The van der Waals surface area contributed by atoms with Gasteiger partial charge in [0.15, 0.2) is 0 Å². The molecule has 1 aromatic heterocycles. The monoisotopic (exact) mass is 248 g/mol. The molecular weight excluding hydrogens is 236 g/mol. The Hall–Kier alpha value is -1.81. The molecule has 0 atom stereocenters. The molecule has 2 rings (SSSR count). The molecular formula is C12H13ClN4. The fourth-order valence-corrected chi connectivity index (χ4v) is 1.54. The Kier molecular flexibility index (Phi) is 3.44. The Morgan fingerprint density at radius 2 is 1.82 bits per heavy atom. The van der Waals surface area contributed by atoms with Crippen LogP contribution in [0.4, 0.5) is 17.2 Å². The van der Waals surface area contributed by atoms with Crippen molar-refractivity contribution in [1.82, 2.24) is 9.97 Å². The van der Waals surface area contributed by atoms with Gasteiger partial charge in [-0.3, -0.25) is 0 Å². The number of rotatable bonds is 3. The van der Waals surface area contributed by atoms with Crippen molar-refractivity contribution >= 4 is 28.8 Å². The minimum atomic E-state index is 0.424. The highest BCUT2D eigenvalue weighted by molar-refractivity contribution is 6.29. The van der Waals surface area contributed by atoms with E-state index in [1.54, 1.807) is 6.07 Å². The summed E-state index contributed by atoms with van der Waals surface area (Å²) in [4.78, 5) is 9.95. The highest BCUT2D eigenvalue weighted by atomic mass is 35.5. The summed E-state index contributed by atoms with van der Waals surface area (Å²) >= 11 is 5.78. The maximum absolute atomic E-state index is 5.78. The molecule has 0 amide bonds. The van der Waals surface area contributed by atoms with E-state index in [0.717, 1.165) is 11.4 Å². The highest BCUT2D eigenvalue weighted by Gasteiger charge is 1.99. The number of aromatic nitrogens is 2. The van der Waals surface area contributed by atoms with Gasteiger partial charge >= 0.3 is 0 Å². The summed E-state index contributed by atoms with van der Waals surface area (Å²) < 4.78 is 0. The predicted molar refractivity (Wildman–Crippen MR) is 71.1 cm³/mol. The third-order valence-electron chi connectivity index (χ3n) is 2.29. The van der Waals surface area contributed by atoms with Crippen LogP contribution >= 0.6 is 11.6 Å². The van der Waals surface area contributed by atoms with Gasteiger partial charge in [-0.05, 0) is 24.3 Å². The summed E-state index contributed by atoms with van der Waals surface area (Å²) in [6.07, 6.45) is 1.43. The Balaban J connectivity index is 2.14. The third-order valence-corrected chi connectivity index (χ3v) is 2.50. The van der Waals surface area contributed by atoms with Crippen molar-refractivity contribution in [2.24, 2.45) is 0 Å². The van der Waals surface area contributed by atoms with E-state index in [-0.39, 0.29) is 0 Å². The van der Waals surface area contributed by atoms with Crippen molar-refractivity contribution in [1.29, 1.82) is 0 Å². The van der Waals surface area contributed by atoms with Gasteiger partial charge in [0.2, 0.25) is 0 Å². The van der Waals surface area contributed by atoms with E-state index in [1.807, 2.05) is 43.3 Å². The molecule has 0 fully saturated rings. The molecule has 0 aliphatic carbocycles. The molecule has 0 aliphatic rings. The number of nitrogens with one attached hydrogen (secondary N) is 1. The summed E-state index contributed by atoms with van der Waals surface area (Å²) in [7, 11) is 4.01. The van der Waals surface area contributed by atoms with E-state index in [2.05, 4.69) is 15.3 Å². The zero-order valence-corrected chi connectivity index (χ0v) is 10.4. The first-order valence-electron chi connectivity index (χ1n) is 5.17. The number of hydrogen-bond donors (Lipinski definition) is 1. The quantitative estimate of drug-likeness (QED) is 0.848. The molecule has 0 aliphatic heterocycles. The molecule has 0 saturated heterocycles. The van der Waals surface area contributed by atoms with Gasteiger partial charge in [-0.2, -0.15) is 0 Å². The van der Waals surface area contributed by atoms with Crippen molar-refractivity contribution in [3.05, 3.63) is 41.8 Å². The van der Waals surface area contributed by atoms with Crippen molar-refractivity contribution in [3.8, 4) is 0 Å². The van der Waals surface area contributed by atoms with Gasteiger partial charge in [0.05, 0.1) is 0 Å². The van der Waals surface area contributed by atoms with E-state index in [9.17, 15) is 0 Å². The van der Waals surface area contributed by atoms with Gasteiger partial charge in [0.1, 0.15) is 17.3 Å². The van der Waals surface area contributed by atoms with Crippen LogP contribution in [0, 0.1) is 0 Å². The first-order valence-corrected chi connectivity index (χ1v) is 5.55. The second-order valence-corrected chi connectivity index (χ2v) is 4.18. The van der Waals surface area contributed by atoms with Gasteiger partial charge in [0, 0.05) is 31.5 Å². The summed E-state index contributed by atoms with van der Waals surface area (Å²) in [6.45, 7) is 0. The van der Waals surface area contributed by atoms with Gasteiger partial charge in [-0.15, -0.1) is 0 Å². The molecule has 0 spiro atoms. The van der Waals surface area contributed by atoms with Crippen molar-refractivity contribution in [2.45, 2.75) is 0 Å². The fraction of sp³-hybridized carbons (Fsp3) is 0.167. The Morgan fingerprint density at radius 3 is 2.41 bits per heavy atom. The highest BCUT2D eigenvalue weighted by Crippen LogP contribution is 2.19. The molecule has 0 unspecified atom stereocenters. The minimum absolute atomic E-state index is 0.424. The molecule has 0 saturated carbocycles. The van der Waals surface area contributed by atoms with Crippen LogP contribution in [0.25, 0.3) is 0 Å². The molecule has 4 nitrogen and oxygen atoms in total. The first kappa shape index (κ1) is 11.7. The normalized spacial score (nSPS) is 10.1. The zero-order chi connectivity index (χ0) is 12.3. The summed E-state index contributed by atoms with van der Waals surface area (Å²) in [5.41, 5.74) is 2.11. The average molecular weight is 249 g/mol. The van der Waals surface area contributed by atoms with Gasteiger partial charge in [0.25, 0.3) is 0 Å². The number of hydrogen-bond acceptors (Lipinski definition) is 4. The molecule has 0 bridgehead atoms. The number of nitrogens with zero attached hydrogens (tertiary/aromatic N) is 3. The van der Waals surface area contributed by atoms with E-state index >= 15 is 0 Å². The van der Waals surface area contributed by atoms with Gasteiger partial charge in [-0.1, -0.05) is 11.6 Å². The van der Waals surface area contributed by atoms with Crippen LogP contribution < -0.4 is 10.2 Å². The SMILES string of the molecule is CN(C)c1ccc(Nc2cc(Cl)ncn2)cc1. The Morgan fingerprint density at radius 1 is 1.12 bits per heavy atom. The van der Waals surface area contributed by atoms with Crippen LogP contribution in [0.1, 0.15) is 0 Å². The average Bonchev–Trinajstić information content (AvgIpc) is 2.29. The van der Waals surface area contributed by atoms with Crippen LogP contribution in [0.5, 0.6) is 0 Å². The van der Waals surface area contributed by atoms with Crippen LogP contribution in [-0.2, 0) is 0 Å². The molecule has 5 heteroatoms. The first-order chi connectivity index (χ1) is 8.15. The molecule has 88 valence electrons. The molecule has 17 heavy (non-hydrogen) atoms. The number of anilines is 3. The topological polar surface area (TPSA) is 41.0 Å². The molecule has 1 heterocycles. The standard InChI is InChI=1S/C12H13ClN4/c1-17(2)10-5-3-9(4-6-10)16-12-7-11(13)14-8-15-12/h3-8H,1-2H3,(H,14,15,16). The maximum atomic E-state index is 5.78.